The molecule has 0 aliphatic heterocycles. The number of aliphatic hydroxyl groups is 2. The second-order valence-electron chi connectivity index (χ2n) is 4.09. The molecule has 0 aliphatic rings. The van der Waals surface area contributed by atoms with Crippen molar-refractivity contribution < 1.29 is 19.7 Å². The standard InChI is InChI=1S/C14H19NO4/c1-15-9-12(16)14(18)11-6-3-10(4-7-11)5-8-13(17)19-2/h3-8,12,14-16,18H,9H2,1-2H3/b8-5+. The lowest BCUT2D eigenvalue weighted by molar-refractivity contribution is -0.134. The average molecular weight is 265 g/mol. The van der Waals surface area contributed by atoms with Crippen LogP contribution in [0.15, 0.2) is 30.3 Å². The second kappa shape index (κ2) is 7.68. The van der Waals surface area contributed by atoms with Crippen LogP contribution in [0.3, 0.4) is 0 Å². The number of methoxy groups -OCH3 is 1. The Balaban J connectivity index is 2.70. The number of nitrogens with one attached hydrogen (secondary N) is 1. The predicted molar refractivity (Wildman–Crippen MR) is 72.4 cm³/mol. The fourth-order valence-electron chi connectivity index (χ4n) is 1.58. The van der Waals surface area contributed by atoms with Gasteiger partial charge in [0.25, 0.3) is 0 Å². The van der Waals surface area contributed by atoms with Crippen LogP contribution in [0.2, 0.25) is 0 Å². The van der Waals surface area contributed by atoms with E-state index in [1.807, 2.05) is 0 Å². The van der Waals surface area contributed by atoms with Crippen LogP contribution < -0.4 is 5.32 Å². The first-order chi connectivity index (χ1) is 9.08. The number of carbonyl (C=O) groups is 1. The van der Waals surface area contributed by atoms with Gasteiger partial charge in [0.2, 0.25) is 0 Å². The number of rotatable bonds is 6. The van der Waals surface area contributed by atoms with Gasteiger partial charge in [-0.25, -0.2) is 4.79 Å². The van der Waals surface area contributed by atoms with Gasteiger partial charge in [0.05, 0.1) is 13.2 Å². The maximum atomic E-state index is 10.9. The Bertz CT molecular complexity index is 428. The van der Waals surface area contributed by atoms with Crippen molar-refractivity contribution in [3.05, 3.63) is 41.5 Å². The molecule has 19 heavy (non-hydrogen) atoms. The molecular weight excluding hydrogens is 246 g/mol. The molecule has 2 unspecified atom stereocenters. The highest BCUT2D eigenvalue weighted by atomic mass is 16.5. The highest BCUT2D eigenvalue weighted by Gasteiger charge is 2.16. The third kappa shape index (κ3) is 4.82. The minimum Gasteiger partial charge on any atom is -0.466 e. The molecule has 0 fully saturated rings. The molecule has 2 atom stereocenters. The van der Waals surface area contributed by atoms with E-state index in [-0.39, 0.29) is 0 Å². The van der Waals surface area contributed by atoms with E-state index in [2.05, 4.69) is 10.1 Å². The first kappa shape index (κ1) is 15.4. The molecule has 1 rings (SSSR count). The molecule has 0 bridgehead atoms. The van der Waals surface area contributed by atoms with E-state index in [0.29, 0.717) is 12.1 Å². The molecule has 5 heteroatoms. The number of carbonyl (C=O) groups excluding carboxylic acids is 1. The van der Waals surface area contributed by atoms with Gasteiger partial charge in [-0.2, -0.15) is 0 Å². The van der Waals surface area contributed by atoms with E-state index in [1.54, 1.807) is 37.4 Å². The van der Waals surface area contributed by atoms with Crippen LogP contribution >= 0.6 is 0 Å². The van der Waals surface area contributed by atoms with E-state index in [1.165, 1.54) is 13.2 Å². The second-order valence-corrected chi connectivity index (χ2v) is 4.09. The molecule has 0 aromatic heterocycles. The first-order valence-corrected chi connectivity index (χ1v) is 5.95. The fraction of sp³-hybridized carbons (Fsp3) is 0.357. The maximum absolute atomic E-state index is 10.9. The molecule has 0 spiro atoms. The zero-order valence-corrected chi connectivity index (χ0v) is 11.0. The third-order valence-corrected chi connectivity index (χ3v) is 2.67. The summed E-state index contributed by atoms with van der Waals surface area (Å²) in [5.74, 6) is -0.423. The Morgan fingerprint density at radius 1 is 1.37 bits per heavy atom. The smallest absolute Gasteiger partial charge is 0.330 e. The Labute approximate surface area is 112 Å². The molecule has 5 nitrogen and oxygen atoms in total. The van der Waals surface area contributed by atoms with Gasteiger partial charge in [0.1, 0.15) is 6.10 Å². The summed E-state index contributed by atoms with van der Waals surface area (Å²) in [6.07, 6.45) is 1.14. The number of benzene rings is 1. The first-order valence-electron chi connectivity index (χ1n) is 5.95. The van der Waals surface area contributed by atoms with Crippen LogP contribution in [0.25, 0.3) is 6.08 Å². The van der Waals surface area contributed by atoms with Gasteiger partial charge in [-0.1, -0.05) is 24.3 Å². The molecular formula is C14H19NO4. The summed E-state index contributed by atoms with van der Waals surface area (Å²) in [7, 11) is 3.02. The van der Waals surface area contributed by atoms with Gasteiger partial charge >= 0.3 is 5.97 Å². The maximum Gasteiger partial charge on any atom is 0.330 e. The quantitative estimate of drug-likeness (QED) is 0.515. The Kier molecular flexibility index (Phi) is 6.21. The lowest BCUT2D eigenvalue weighted by atomic mass is 10.0. The third-order valence-electron chi connectivity index (χ3n) is 2.67. The SMILES string of the molecule is CNCC(O)C(O)c1ccc(/C=C/C(=O)OC)cc1. The van der Waals surface area contributed by atoms with Gasteiger partial charge in [0.15, 0.2) is 0 Å². The topological polar surface area (TPSA) is 78.8 Å². The molecule has 104 valence electrons. The number of esters is 1. The monoisotopic (exact) mass is 265 g/mol. The highest BCUT2D eigenvalue weighted by Crippen LogP contribution is 2.17. The summed E-state index contributed by atoms with van der Waals surface area (Å²) in [6.45, 7) is 0.311. The van der Waals surface area contributed by atoms with Crippen LogP contribution in [0.1, 0.15) is 17.2 Å². The average Bonchev–Trinajstić information content (AvgIpc) is 2.44. The lowest BCUT2D eigenvalue weighted by Crippen LogP contribution is -2.29. The Morgan fingerprint density at radius 2 is 2.00 bits per heavy atom. The van der Waals surface area contributed by atoms with Crippen LogP contribution in [-0.4, -0.2) is 43.0 Å². The lowest BCUT2D eigenvalue weighted by Gasteiger charge is -2.17. The number of aliphatic hydroxyl groups excluding tert-OH is 2. The highest BCUT2D eigenvalue weighted by molar-refractivity contribution is 5.86. The van der Waals surface area contributed by atoms with Crippen LogP contribution in [-0.2, 0) is 9.53 Å². The molecule has 0 amide bonds. The van der Waals surface area contributed by atoms with Crippen molar-refractivity contribution in [2.75, 3.05) is 20.7 Å². The number of hydrogen-bond donors (Lipinski definition) is 3. The summed E-state index contributed by atoms with van der Waals surface area (Å²) in [5.41, 5.74) is 1.43. The number of likely N-dealkylation sites (N-methyl/N-ethyl adjacent to an activating group) is 1. The molecule has 0 heterocycles. The van der Waals surface area contributed by atoms with Crippen molar-refractivity contribution in [3.8, 4) is 0 Å². The van der Waals surface area contributed by atoms with E-state index in [4.69, 9.17) is 0 Å². The van der Waals surface area contributed by atoms with Gasteiger partial charge in [-0.05, 0) is 24.3 Å². The molecule has 0 saturated carbocycles. The molecule has 1 aromatic rings. The van der Waals surface area contributed by atoms with Gasteiger partial charge in [-0.3, -0.25) is 0 Å². The van der Waals surface area contributed by atoms with E-state index >= 15 is 0 Å². The van der Waals surface area contributed by atoms with Crippen molar-refractivity contribution in [1.29, 1.82) is 0 Å². The van der Waals surface area contributed by atoms with Crippen molar-refractivity contribution >= 4 is 12.0 Å². The number of hydrogen-bond acceptors (Lipinski definition) is 5. The molecule has 3 N–H and O–H groups in total. The van der Waals surface area contributed by atoms with Gasteiger partial charge < -0.3 is 20.3 Å². The van der Waals surface area contributed by atoms with Crippen molar-refractivity contribution in [1.82, 2.24) is 5.32 Å². The summed E-state index contributed by atoms with van der Waals surface area (Å²) < 4.78 is 4.49. The van der Waals surface area contributed by atoms with Crippen LogP contribution in [0, 0.1) is 0 Å². The molecule has 0 aliphatic carbocycles. The summed E-state index contributed by atoms with van der Waals surface area (Å²) in [5, 5.41) is 22.3. The number of ether oxygens (including phenoxy) is 1. The summed E-state index contributed by atoms with van der Waals surface area (Å²) in [6, 6.07) is 6.93. The van der Waals surface area contributed by atoms with E-state index in [0.717, 1.165) is 5.56 Å². The van der Waals surface area contributed by atoms with Crippen LogP contribution in [0.4, 0.5) is 0 Å². The van der Waals surface area contributed by atoms with Crippen molar-refractivity contribution in [2.24, 2.45) is 0 Å². The minimum atomic E-state index is -0.939. The minimum absolute atomic E-state index is 0.311. The van der Waals surface area contributed by atoms with Crippen molar-refractivity contribution in [3.63, 3.8) is 0 Å². The van der Waals surface area contributed by atoms with Gasteiger partial charge in [-0.15, -0.1) is 0 Å². The summed E-state index contributed by atoms with van der Waals surface area (Å²) in [4.78, 5) is 10.9. The van der Waals surface area contributed by atoms with Crippen molar-refractivity contribution in [2.45, 2.75) is 12.2 Å². The molecule has 0 radical (unpaired) electrons. The zero-order chi connectivity index (χ0) is 14.3. The normalized spacial score (nSPS) is 14.3. The predicted octanol–water partition coefficient (Wildman–Crippen LogP) is 0.486. The van der Waals surface area contributed by atoms with E-state index < -0.39 is 18.2 Å². The van der Waals surface area contributed by atoms with Gasteiger partial charge in [0, 0.05) is 12.6 Å². The zero-order valence-electron chi connectivity index (χ0n) is 11.0. The largest absolute Gasteiger partial charge is 0.466 e. The van der Waals surface area contributed by atoms with E-state index in [9.17, 15) is 15.0 Å². The summed E-state index contributed by atoms with van der Waals surface area (Å²) >= 11 is 0. The van der Waals surface area contributed by atoms with Crippen LogP contribution in [0.5, 0.6) is 0 Å². The molecule has 0 saturated heterocycles. The Hall–Kier alpha value is -1.69. The fourth-order valence-corrected chi connectivity index (χ4v) is 1.58. The molecule has 1 aromatic carbocycles. The Morgan fingerprint density at radius 3 is 2.53 bits per heavy atom.